The van der Waals surface area contributed by atoms with Crippen molar-refractivity contribution in [3.05, 3.63) is 0 Å². The van der Waals surface area contributed by atoms with Gasteiger partial charge in [0.05, 0.1) is 19.3 Å². The van der Waals surface area contributed by atoms with Gasteiger partial charge in [0.15, 0.2) is 6.10 Å². The van der Waals surface area contributed by atoms with Crippen LogP contribution in [0.2, 0.25) is 0 Å². The standard InChI is InChI=1S/C4H6O5.C4H6O4.C4H10O2/c5-2(4(8)9)1-3(6)7;5-3(6)1-2-4(7)8;5-3-1-2-4-6/h2,5H,1H2,(H,6,7)(H,8,9);1-2H2,(H,5,6)(H,7,8);5-6H,1-4H2. The van der Waals surface area contributed by atoms with Crippen LogP contribution in [0, 0.1) is 0 Å². The first-order valence-electron chi connectivity index (χ1n) is 6.36. The normalized spacial score (nSPS) is 10.2. The van der Waals surface area contributed by atoms with Gasteiger partial charge in [0, 0.05) is 13.2 Å². The zero-order chi connectivity index (χ0) is 18.8. The number of aliphatic hydroxyl groups excluding tert-OH is 3. The number of hydrogen-bond acceptors (Lipinski definition) is 7. The molecule has 0 aliphatic heterocycles. The van der Waals surface area contributed by atoms with E-state index >= 15 is 0 Å². The summed E-state index contributed by atoms with van der Waals surface area (Å²) < 4.78 is 0. The number of carbonyl (C=O) groups is 4. The highest BCUT2D eigenvalue weighted by Crippen LogP contribution is 1.89. The summed E-state index contributed by atoms with van der Waals surface area (Å²) in [5.41, 5.74) is 0. The van der Waals surface area contributed by atoms with Crippen LogP contribution in [-0.4, -0.2) is 78.9 Å². The van der Waals surface area contributed by atoms with E-state index in [0.717, 1.165) is 12.8 Å². The maximum absolute atomic E-state index is 9.72. The highest BCUT2D eigenvalue weighted by Gasteiger charge is 2.16. The second-order valence-electron chi connectivity index (χ2n) is 3.89. The fourth-order valence-electron chi connectivity index (χ4n) is 0.690. The van der Waals surface area contributed by atoms with Crippen molar-refractivity contribution in [2.75, 3.05) is 13.2 Å². The van der Waals surface area contributed by atoms with Crippen molar-refractivity contribution in [2.24, 2.45) is 0 Å². The molecule has 0 aliphatic rings. The quantitative estimate of drug-likeness (QED) is 0.242. The molecular formula is C12H22O11. The van der Waals surface area contributed by atoms with Crippen LogP contribution < -0.4 is 0 Å². The van der Waals surface area contributed by atoms with Gasteiger partial charge in [-0.05, 0) is 12.8 Å². The molecule has 0 aromatic rings. The molecule has 0 saturated heterocycles. The van der Waals surface area contributed by atoms with Gasteiger partial charge in [-0.1, -0.05) is 0 Å². The molecule has 7 N–H and O–H groups in total. The number of rotatable bonds is 9. The Kier molecular flexibility index (Phi) is 19.9. The van der Waals surface area contributed by atoms with Gasteiger partial charge in [0.25, 0.3) is 0 Å². The van der Waals surface area contributed by atoms with Crippen LogP contribution in [0.15, 0.2) is 0 Å². The lowest BCUT2D eigenvalue weighted by atomic mass is 10.3. The van der Waals surface area contributed by atoms with Crippen molar-refractivity contribution < 1.29 is 54.9 Å². The van der Waals surface area contributed by atoms with Crippen molar-refractivity contribution in [2.45, 2.75) is 38.2 Å². The summed E-state index contributed by atoms with van der Waals surface area (Å²) in [5.74, 6) is -5.00. The monoisotopic (exact) mass is 342 g/mol. The van der Waals surface area contributed by atoms with Gasteiger partial charge >= 0.3 is 23.9 Å². The van der Waals surface area contributed by atoms with Gasteiger partial charge in [0.1, 0.15) is 0 Å². The van der Waals surface area contributed by atoms with Gasteiger partial charge in [-0.2, -0.15) is 0 Å². The Morgan fingerprint density at radius 2 is 1.04 bits per heavy atom. The fourth-order valence-corrected chi connectivity index (χ4v) is 0.690. The molecule has 0 spiro atoms. The fraction of sp³-hybridized carbons (Fsp3) is 0.667. The highest BCUT2D eigenvalue weighted by atomic mass is 16.4. The lowest BCUT2D eigenvalue weighted by molar-refractivity contribution is -0.152. The molecule has 0 amide bonds. The van der Waals surface area contributed by atoms with E-state index in [1.54, 1.807) is 0 Å². The van der Waals surface area contributed by atoms with E-state index in [9.17, 15) is 19.2 Å². The lowest BCUT2D eigenvalue weighted by Gasteiger charge is -1.97. The summed E-state index contributed by atoms with van der Waals surface area (Å²) in [5, 5.41) is 56.1. The number of unbranched alkanes of at least 4 members (excludes halogenated alkanes) is 1. The first-order valence-corrected chi connectivity index (χ1v) is 6.36. The van der Waals surface area contributed by atoms with E-state index in [-0.39, 0.29) is 26.1 Å². The lowest BCUT2D eigenvalue weighted by Crippen LogP contribution is -2.22. The molecule has 11 heteroatoms. The second kappa shape index (κ2) is 17.8. The van der Waals surface area contributed by atoms with E-state index in [2.05, 4.69) is 0 Å². The molecule has 0 saturated carbocycles. The third kappa shape index (κ3) is 32.9. The van der Waals surface area contributed by atoms with Crippen LogP contribution >= 0.6 is 0 Å². The highest BCUT2D eigenvalue weighted by molar-refractivity contribution is 5.79. The summed E-state index contributed by atoms with van der Waals surface area (Å²) >= 11 is 0. The van der Waals surface area contributed by atoms with Gasteiger partial charge < -0.3 is 35.7 Å². The molecule has 0 aliphatic carbocycles. The van der Waals surface area contributed by atoms with E-state index in [4.69, 9.17) is 35.7 Å². The number of carboxylic acids is 4. The molecule has 0 fully saturated rings. The SMILES string of the molecule is O=C(O)CC(O)C(=O)O.O=C(O)CCC(=O)O.OCCCCO. The first-order chi connectivity index (χ1) is 10.6. The van der Waals surface area contributed by atoms with Crippen LogP contribution in [0.1, 0.15) is 32.1 Å². The maximum Gasteiger partial charge on any atom is 0.333 e. The van der Waals surface area contributed by atoms with E-state index in [1.165, 1.54) is 0 Å². The molecule has 1 unspecified atom stereocenters. The minimum Gasteiger partial charge on any atom is -0.481 e. The largest absolute Gasteiger partial charge is 0.481 e. The van der Waals surface area contributed by atoms with Gasteiger partial charge in [-0.25, -0.2) is 4.79 Å². The number of aliphatic carboxylic acids is 4. The van der Waals surface area contributed by atoms with Gasteiger partial charge in [-0.15, -0.1) is 0 Å². The molecule has 0 bridgehead atoms. The van der Waals surface area contributed by atoms with Crippen molar-refractivity contribution in [3.8, 4) is 0 Å². The molecular weight excluding hydrogens is 320 g/mol. The topological polar surface area (TPSA) is 210 Å². The van der Waals surface area contributed by atoms with Crippen LogP contribution in [0.4, 0.5) is 0 Å². The third-order valence-corrected chi connectivity index (χ3v) is 1.77. The molecule has 1 atom stereocenters. The molecule has 0 aromatic heterocycles. The Bertz CT molecular complexity index is 335. The summed E-state index contributed by atoms with van der Waals surface area (Å²) in [6, 6.07) is 0. The third-order valence-electron chi connectivity index (χ3n) is 1.77. The second-order valence-corrected chi connectivity index (χ2v) is 3.89. The zero-order valence-corrected chi connectivity index (χ0v) is 12.3. The van der Waals surface area contributed by atoms with E-state index in [0.29, 0.717) is 0 Å². The van der Waals surface area contributed by atoms with Crippen LogP contribution in [0.3, 0.4) is 0 Å². The van der Waals surface area contributed by atoms with E-state index in [1.807, 2.05) is 0 Å². The van der Waals surface area contributed by atoms with Crippen LogP contribution in [0.5, 0.6) is 0 Å². The summed E-state index contributed by atoms with van der Waals surface area (Å²) in [4.78, 5) is 38.7. The van der Waals surface area contributed by atoms with Crippen molar-refractivity contribution in [1.29, 1.82) is 0 Å². The average molecular weight is 342 g/mol. The number of carboxylic acid groups (broad SMARTS) is 4. The summed E-state index contributed by atoms with van der Waals surface area (Å²) in [7, 11) is 0. The number of hydrogen-bond donors (Lipinski definition) is 7. The predicted molar refractivity (Wildman–Crippen MR) is 73.8 cm³/mol. The van der Waals surface area contributed by atoms with Gasteiger partial charge in [0.2, 0.25) is 0 Å². The van der Waals surface area contributed by atoms with Crippen LogP contribution in [-0.2, 0) is 19.2 Å². The Morgan fingerprint density at radius 1 is 0.696 bits per heavy atom. The minimum absolute atomic E-state index is 0.195. The van der Waals surface area contributed by atoms with Crippen LogP contribution in [0.25, 0.3) is 0 Å². The maximum atomic E-state index is 9.72. The molecule has 136 valence electrons. The molecule has 0 radical (unpaired) electrons. The van der Waals surface area contributed by atoms with Crippen molar-refractivity contribution in [3.63, 3.8) is 0 Å². The zero-order valence-electron chi connectivity index (χ0n) is 12.3. The summed E-state index contributed by atoms with van der Waals surface area (Å²) in [6.07, 6.45) is -1.70. The molecule has 0 rings (SSSR count). The van der Waals surface area contributed by atoms with Crippen molar-refractivity contribution in [1.82, 2.24) is 0 Å². The molecule has 0 aromatic carbocycles. The molecule has 11 nitrogen and oxygen atoms in total. The Morgan fingerprint density at radius 3 is 1.17 bits per heavy atom. The predicted octanol–water partition coefficient (Wildman–Crippen LogP) is -1.41. The van der Waals surface area contributed by atoms with Crippen molar-refractivity contribution >= 4 is 23.9 Å². The Hall–Kier alpha value is -2.24. The molecule has 0 heterocycles. The summed E-state index contributed by atoms with van der Waals surface area (Å²) in [6.45, 7) is 0.390. The Labute approximate surface area is 131 Å². The van der Waals surface area contributed by atoms with Gasteiger partial charge in [-0.3, -0.25) is 14.4 Å². The van der Waals surface area contributed by atoms with E-state index < -0.39 is 36.4 Å². The molecule has 23 heavy (non-hydrogen) atoms. The smallest absolute Gasteiger partial charge is 0.333 e. The average Bonchev–Trinajstić information content (AvgIpc) is 2.43. The Balaban J connectivity index is -0.000000266. The first kappa shape index (κ1) is 25.7. The number of aliphatic hydroxyl groups is 3. The minimum atomic E-state index is -1.79.